The van der Waals surface area contributed by atoms with Crippen molar-refractivity contribution in [3.63, 3.8) is 0 Å². The molecule has 1 N–H and O–H groups in total. The van der Waals surface area contributed by atoms with Gasteiger partial charge in [0, 0.05) is 16.8 Å². The molecule has 3 aromatic carbocycles. The first-order chi connectivity index (χ1) is 15.6. The topological polar surface area (TPSA) is 46.9 Å². The van der Waals surface area contributed by atoms with E-state index in [2.05, 4.69) is 10.4 Å². The summed E-state index contributed by atoms with van der Waals surface area (Å²) in [6.07, 6.45) is -4.64. The van der Waals surface area contributed by atoms with Gasteiger partial charge in [-0.25, -0.2) is 4.68 Å². The van der Waals surface area contributed by atoms with E-state index in [1.54, 1.807) is 36.4 Å². The number of alkyl halides is 3. The summed E-state index contributed by atoms with van der Waals surface area (Å²) in [6, 6.07) is 18.1. The van der Waals surface area contributed by atoms with E-state index in [-0.39, 0.29) is 15.7 Å². The van der Waals surface area contributed by atoms with Crippen molar-refractivity contribution in [2.75, 3.05) is 5.32 Å². The third kappa shape index (κ3) is 5.00. The van der Waals surface area contributed by atoms with Crippen molar-refractivity contribution in [1.29, 1.82) is 0 Å². The number of hydrogen-bond donors (Lipinski definition) is 1. The Morgan fingerprint density at radius 1 is 0.848 bits per heavy atom. The predicted molar refractivity (Wildman–Crippen MR) is 123 cm³/mol. The molecule has 0 aliphatic rings. The number of para-hydroxylation sites is 1. The maximum absolute atomic E-state index is 13.4. The Bertz CT molecular complexity index is 1340. The van der Waals surface area contributed by atoms with Crippen molar-refractivity contribution in [3.05, 3.63) is 99.1 Å². The molecule has 168 valence electrons. The summed E-state index contributed by atoms with van der Waals surface area (Å²) in [5.41, 5.74) is 0.579. The Hall–Kier alpha value is -3.00. The number of halogens is 6. The third-order valence-corrected chi connectivity index (χ3v) is 5.76. The lowest BCUT2D eigenvalue weighted by Gasteiger charge is -2.10. The van der Waals surface area contributed by atoms with Gasteiger partial charge in [0.25, 0.3) is 5.91 Å². The molecule has 33 heavy (non-hydrogen) atoms. The van der Waals surface area contributed by atoms with Crippen LogP contribution in [0, 0.1) is 0 Å². The molecule has 1 aromatic heterocycles. The van der Waals surface area contributed by atoms with Gasteiger partial charge < -0.3 is 5.32 Å². The van der Waals surface area contributed by atoms with Crippen LogP contribution in [0.25, 0.3) is 16.9 Å². The molecule has 0 saturated carbocycles. The summed E-state index contributed by atoms with van der Waals surface area (Å²) >= 11 is 18.0. The predicted octanol–water partition coefficient (Wildman–Crippen LogP) is 7.77. The van der Waals surface area contributed by atoms with Gasteiger partial charge in [0.1, 0.15) is 0 Å². The van der Waals surface area contributed by atoms with Crippen molar-refractivity contribution in [1.82, 2.24) is 9.78 Å². The van der Waals surface area contributed by atoms with E-state index in [1.165, 1.54) is 30.3 Å². The first-order valence-electron chi connectivity index (χ1n) is 9.42. The number of carbonyl (C=O) groups excluding carboxylic acids is 1. The quantitative estimate of drug-likeness (QED) is 0.305. The lowest BCUT2D eigenvalue weighted by molar-refractivity contribution is -0.141. The van der Waals surface area contributed by atoms with Gasteiger partial charge >= 0.3 is 6.18 Å². The Morgan fingerprint density at radius 2 is 1.55 bits per heavy atom. The molecule has 0 bridgehead atoms. The highest BCUT2D eigenvalue weighted by Gasteiger charge is 2.35. The summed E-state index contributed by atoms with van der Waals surface area (Å²) < 4.78 is 41.2. The van der Waals surface area contributed by atoms with E-state index in [4.69, 9.17) is 34.8 Å². The van der Waals surface area contributed by atoms with Gasteiger partial charge in [0.15, 0.2) is 5.69 Å². The van der Waals surface area contributed by atoms with Crippen molar-refractivity contribution in [3.8, 4) is 16.9 Å². The van der Waals surface area contributed by atoms with E-state index in [9.17, 15) is 18.0 Å². The minimum atomic E-state index is -4.64. The molecular weight excluding hydrogens is 498 g/mol. The van der Waals surface area contributed by atoms with Gasteiger partial charge in [0.05, 0.1) is 26.4 Å². The Balaban J connectivity index is 1.67. The van der Waals surface area contributed by atoms with Crippen LogP contribution in [0.4, 0.5) is 18.9 Å². The van der Waals surface area contributed by atoms with Gasteiger partial charge in [-0.05, 0) is 48.5 Å². The molecule has 0 fully saturated rings. The highest BCUT2D eigenvalue weighted by Crippen LogP contribution is 2.34. The van der Waals surface area contributed by atoms with Crippen LogP contribution in [-0.4, -0.2) is 15.7 Å². The minimum absolute atomic E-state index is 0.173. The summed E-state index contributed by atoms with van der Waals surface area (Å²) in [5.74, 6) is -0.421. The van der Waals surface area contributed by atoms with E-state index < -0.39 is 17.8 Å². The van der Waals surface area contributed by atoms with Crippen LogP contribution in [0.5, 0.6) is 0 Å². The van der Waals surface area contributed by atoms with Crippen LogP contribution in [0.3, 0.4) is 0 Å². The largest absolute Gasteiger partial charge is 0.435 e. The van der Waals surface area contributed by atoms with E-state index >= 15 is 0 Å². The Kier molecular flexibility index (Phi) is 6.38. The smallest absolute Gasteiger partial charge is 0.322 e. The summed E-state index contributed by atoms with van der Waals surface area (Å²) in [6.45, 7) is 0. The molecule has 10 heteroatoms. The summed E-state index contributed by atoms with van der Waals surface area (Å²) in [5, 5.41) is 7.30. The Labute approximate surface area is 201 Å². The molecule has 4 aromatic rings. The zero-order chi connectivity index (χ0) is 23.8. The first-order valence-corrected chi connectivity index (χ1v) is 10.6. The number of carbonyl (C=O) groups is 1. The number of aromatic nitrogens is 2. The van der Waals surface area contributed by atoms with Crippen LogP contribution in [0.15, 0.2) is 72.8 Å². The van der Waals surface area contributed by atoms with Gasteiger partial charge in [0.2, 0.25) is 0 Å². The maximum atomic E-state index is 13.4. The highest BCUT2D eigenvalue weighted by molar-refractivity contribution is 6.42. The molecular formula is C23H13Cl3F3N3O. The minimum Gasteiger partial charge on any atom is -0.322 e. The van der Waals surface area contributed by atoms with Crippen molar-refractivity contribution in [2.24, 2.45) is 0 Å². The number of amides is 1. The molecule has 0 unspecified atom stereocenters. The van der Waals surface area contributed by atoms with Gasteiger partial charge in [-0.3, -0.25) is 4.79 Å². The van der Waals surface area contributed by atoms with Crippen molar-refractivity contribution >= 4 is 46.4 Å². The highest BCUT2D eigenvalue weighted by atomic mass is 35.5. The van der Waals surface area contributed by atoms with Crippen molar-refractivity contribution < 1.29 is 18.0 Å². The zero-order valence-electron chi connectivity index (χ0n) is 16.5. The number of hydrogen-bond acceptors (Lipinski definition) is 2. The SMILES string of the molecule is O=C(Nc1ccc(Cl)c(Cl)c1)c1ccc(-c2cc(C(F)(F)F)nn2-c2ccccc2Cl)cc1. The monoisotopic (exact) mass is 509 g/mol. The number of nitrogens with one attached hydrogen (secondary N) is 1. The van der Waals surface area contributed by atoms with Crippen molar-refractivity contribution in [2.45, 2.75) is 6.18 Å². The molecule has 0 spiro atoms. The lowest BCUT2D eigenvalue weighted by atomic mass is 10.1. The fraction of sp³-hybridized carbons (Fsp3) is 0.0435. The van der Waals surface area contributed by atoms with E-state index in [1.807, 2.05) is 0 Å². The van der Waals surface area contributed by atoms with Gasteiger partial charge in [-0.2, -0.15) is 18.3 Å². The molecule has 4 rings (SSSR count). The van der Waals surface area contributed by atoms with Gasteiger partial charge in [-0.15, -0.1) is 0 Å². The summed E-state index contributed by atoms with van der Waals surface area (Å²) in [7, 11) is 0. The molecule has 1 amide bonds. The average molecular weight is 511 g/mol. The number of nitrogens with zero attached hydrogens (tertiary/aromatic N) is 2. The number of rotatable bonds is 4. The molecule has 0 saturated heterocycles. The van der Waals surface area contributed by atoms with E-state index in [0.717, 1.165) is 10.7 Å². The third-order valence-electron chi connectivity index (χ3n) is 4.70. The standard InChI is InChI=1S/C23H13Cl3F3N3O/c24-16-10-9-15(11-18(16)26)30-22(33)14-7-5-13(6-8-14)20-12-21(23(27,28)29)31-32(20)19-4-2-1-3-17(19)25/h1-12H,(H,30,33). The Morgan fingerprint density at radius 3 is 2.18 bits per heavy atom. The average Bonchev–Trinajstić information content (AvgIpc) is 3.22. The second-order valence-corrected chi connectivity index (χ2v) is 8.16. The normalized spacial score (nSPS) is 11.5. The van der Waals surface area contributed by atoms with Crippen LogP contribution in [0.2, 0.25) is 15.1 Å². The number of anilines is 1. The fourth-order valence-corrected chi connectivity index (χ4v) is 3.62. The molecule has 0 radical (unpaired) electrons. The zero-order valence-corrected chi connectivity index (χ0v) is 18.8. The number of benzene rings is 3. The molecule has 0 aliphatic carbocycles. The molecule has 1 heterocycles. The molecule has 4 nitrogen and oxygen atoms in total. The first kappa shape index (κ1) is 23.2. The molecule has 0 aliphatic heterocycles. The van der Waals surface area contributed by atoms with Crippen LogP contribution in [0.1, 0.15) is 16.1 Å². The lowest BCUT2D eigenvalue weighted by Crippen LogP contribution is -2.11. The van der Waals surface area contributed by atoms with Crippen LogP contribution < -0.4 is 5.32 Å². The maximum Gasteiger partial charge on any atom is 0.435 e. The fourth-order valence-electron chi connectivity index (χ4n) is 3.10. The second kappa shape index (κ2) is 9.09. The van der Waals surface area contributed by atoms with Gasteiger partial charge in [-0.1, -0.05) is 59.1 Å². The second-order valence-electron chi connectivity index (χ2n) is 6.94. The van der Waals surface area contributed by atoms with Crippen LogP contribution in [-0.2, 0) is 6.18 Å². The van der Waals surface area contributed by atoms with Crippen LogP contribution >= 0.6 is 34.8 Å². The summed E-state index contributed by atoms with van der Waals surface area (Å²) in [4.78, 5) is 12.6. The molecule has 0 atom stereocenters. The van der Waals surface area contributed by atoms with E-state index in [0.29, 0.717) is 27.5 Å².